The molecule has 160 valence electrons. The van der Waals surface area contributed by atoms with Gasteiger partial charge in [-0.2, -0.15) is 13.5 Å². The van der Waals surface area contributed by atoms with Crippen LogP contribution in [0.15, 0.2) is 27.6 Å². The van der Waals surface area contributed by atoms with Crippen LogP contribution >= 0.6 is 0 Å². The second kappa shape index (κ2) is 9.18. The summed E-state index contributed by atoms with van der Waals surface area (Å²) < 4.78 is 66.1. The van der Waals surface area contributed by atoms with Crippen molar-refractivity contribution in [2.75, 3.05) is 7.11 Å². The Morgan fingerprint density at radius 2 is 1.97 bits per heavy atom. The van der Waals surface area contributed by atoms with Crippen molar-refractivity contribution in [2.45, 2.75) is 44.9 Å². The van der Waals surface area contributed by atoms with E-state index in [1.807, 2.05) is 0 Å². The minimum Gasteiger partial charge on any atom is -0.493 e. The molecule has 2 N–H and O–H groups in total. The Bertz CT molecular complexity index is 958. The molecule has 0 bridgehead atoms. The first kappa shape index (κ1) is 22.6. The highest BCUT2D eigenvalue weighted by atomic mass is 32.2. The lowest BCUT2D eigenvalue weighted by Gasteiger charge is -2.15. The van der Waals surface area contributed by atoms with E-state index in [0.29, 0.717) is 5.56 Å². The molecule has 0 aliphatic carbocycles. The molecule has 9 nitrogen and oxygen atoms in total. The highest BCUT2D eigenvalue weighted by molar-refractivity contribution is 7.89. The van der Waals surface area contributed by atoms with Gasteiger partial charge >= 0.3 is 6.61 Å². The van der Waals surface area contributed by atoms with E-state index in [1.165, 1.54) is 46.1 Å². The van der Waals surface area contributed by atoms with E-state index in [9.17, 15) is 22.0 Å². The maximum absolute atomic E-state index is 12.5. The molecule has 1 aromatic carbocycles. The zero-order valence-corrected chi connectivity index (χ0v) is 17.0. The number of amides is 1. The van der Waals surface area contributed by atoms with Crippen molar-refractivity contribution in [3.63, 3.8) is 0 Å². The van der Waals surface area contributed by atoms with Crippen LogP contribution in [0.5, 0.6) is 11.5 Å². The summed E-state index contributed by atoms with van der Waals surface area (Å²) in [6.45, 7) is 1.33. The van der Waals surface area contributed by atoms with Crippen molar-refractivity contribution in [3.8, 4) is 11.5 Å². The Kier molecular flexibility index (Phi) is 7.14. The van der Waals surface area contributed by atoms with Gasteiger partial charge in [0, 0.05) is 6.54 Å². The Morgan fingerprint density at radius 3 is 2.52 bits per heavy atom. The normalized spacial score (nSPS) is 12.7. The fraction of sp³-hybridized carbons (Fsp3) is 0.412. The first-order valence-corrected chi connectivity index (χ1v) is 9.88. The Labute approximate surface area is 166 Å². The number of rotatable bonds is 9. The van der Waals surface area contributed by atoms with Gasteiger partial charge in [0.2, 0.25) is 15.9 Å². The molecule has 1 aromatic heterocycles. The number of aryl methyl sites for hydroxylation is 2. The highest BCUT2D eigenvalue weighted by Crippen LogP contribution is 2.29. The smallest absolute Gasteiger partial charge is 0.387 e. The van der Waals surface area contributed by atoms with Crippen LogP contribution in [-0.4, -0.2) is 39.2 Å². The van der Waals surface area contributed by atoms with Gasteiger partial charge in [-0.3, -0.25) is 4.79 Å². The Morgan fingerprint density at radius 1 is 1.28 bits per heavy atom. The van der Waals surface area contributed by atoms with Crippen molar-refractivity contribution >= 4 is 15.9 Å². The second-order valence-electron chi connectivity index (χ2n) is 6.08. The van der Waals surface area contributed by atoms with E-state index in [1.54, 1.807) is 0 Å². The predicted molar refractivity (Wildman–Crippen MR) is 97.2 cm³/mol. The number of hydrogen-bond acceptors (Lipinski definition) is 7. The number of alkyl halides is 2. The van der Waals surface area contributed by atoms with E-state index < -0.39 is 28.6 Å². The van der Waals surface area contributed by atoms with E-state index >= 15 is 0 Å². The first-order chi connectivity index (χ1) is 13.5. The molecule has 12 heteroatoms. The number of nitrogens with zero attached hydrogens (tertiary/aromatic N) is 1. The Balaban J connectivity index is 2.02. The fourth-order valence-corrected chi connectivity index (χ4v) is 4.09. The molecule has 1 amide bonds. The zero-order valence-electron chi connectivity index (χ0n) is 16.2. The molecule has 0 aliphatic heterocycles. The monoisotopic (exact) mass is 433 g/mol. The standard InChI is InChI=1S/C17H21F2N3O6S/c1-9-15(11(3)28-21-9)29(24,25)22-10(2)16(23)20-8-12-5-6-13(27-17(18)19)14(7-12)26-4/h5-7,10,17,22H,8H2,1-4H3,(H,20,23)/t10-/m0/s1. The molecule has 0 aliphatic rings. The summed E-state index contributed by atoms with van der Waals surface area (Å²) in [5, 5.41) is 6.15. The molecular formula is C17H21F2N3O6S. The number of sulfonamides is 1. The van der Waals surface area contributed by atoms with Gasteiger partial charge in [-0.1, -0.05) is 11.2 Å². The van der Waals surface area contributed by atoms with Crippen molar-refractivity contribution in [2.24, 2.45) is 0 Å². The maximum atomic E-state index is 12.5. The van der Waals surface area contributed by atoms with Crippen molar-refractivity contribution in [1.29, 1.82) is 0 Å². The molecule has 2 rings (SSSR count). The van der Waals surface area contributed by atoms with E-state index in [0.717, 1.165) is 0 Å². The number of methoxy groups -OCH3 is 1. The summed E-state index contributed by atoms with van der Waals surface area (Å²) >= 11 is 0. The molecule has 29 heavy (non-hydrogen) atoms. The van der Waals surface area contributed by atoms with Crippen LogP contribution in [0.25, 0.3) is 0 Å². The predicted octanol–water partition coefficient (Wildman–Crippen LogP) is 1.88. The third-order valence-corrected chi connectivity index (χ3v) is 5.66. The summed E-state index contributed by atoms with van der Waals surface area (Å²) in [5.74, 6) is -0.546. The van der Waals surface area contributed by atoms with Gasteiger partial charge in [0.25, 0.3) is 0 Å². The molecule has 0 unspecified atom stereocenters. The highest BCUT2D eigenvalue weighted by Gasteiger charge is 2.28. The molecular weight excluding hydrogens is 412 g/mol. The lowest BCUT2D eigenvalue weighted by atomic mass is 10.2. The topological polar surface area (TPSA) is 120 Å². The van der Waals surface area contributed by atoms with Gasteiger partial charge in [-0.25, -0.2) is 8.42 Å². The van der Waals surface area contributed by atoms with Gasteiger partial charge in [0.15, 0.2) is 17.3 Å². The summed E-state index contributed by atoms with van der Waals surface area (Å²) in [5.41, 5.74) is 0.721. The fourth-order valence-electron chi connectivity index (χ4n) is 2.56. The number of carbonyl (C=O) groups excluding carboxylic acids is 1. The quantitative estimate of drug-likeness (QED) is 0.620. The molecule has 0 saturated heterocycles. The molecule has 0 radical (unpaired) electrons. The minimum atomic E-state index is -4.01. The van der Waals surface area contributed by atoms with Gasteiger partial charge in [-0.15, -0.1) is 0 Å². The van der Waals surface area contributed by atoms with E-state index in [2.05, 4.69) is 19.9 Å². The zero-order chi connectivity index (χ0) is 21.8. The van der Waals surface area contributed by atoms with Crippen LogP contribution in [0.4, 0.5) is 8.78 Å². The minimum absolute atomic E-state index is 0.0154. The second-order valence-corrected chi connectivity index (χ2v) is 7.73. The van der Waals surface area contributed by atoms with Crippen LogP contribution < -0.4 is 19.5 Å². The van der Waals surface area contributed by atoms with Gasteiger partial charge in [0.05, 0.1) is 13.2 Å². The third kappa shape index (κ3) is 5.64. The lowest BCUT2D eigenvalue weighted by Crippen LogP contribution is -2.44. The van der Waals surface area contributed by atoms with Crippen LogP contribution in [-0.2, 0) is 21.4 Å². The van der Waals surface area contributed by atoms with Crippen molar-refractivity contribution in [1.82, 2.24) is 15.2 Å². The summed E-state index contributed by atoms with van der Waals surface area (Å²) in [6, 6.07) is 3.10. The number of halogens is 2. The largest absolute Gasteiger partial charge is 0.493 e. The van der Waals surface area contributed by atoms with Crippen molar-refractivity contribution < 1.29 is 36.0 Å². The third-order valence-electron chi connectivity index (χ3n) is 3.87. The van der Waals surface area contributed by atoms with Crippen LogP contribution in [0, 0.1) is 13.8 Å². The van der Waals surface area contributed by atoms with Crippen LogP contribution in [0.3, 0.4) is 0 Å². The maximum Gasteiger partial charge on any atom is 0.387 e. The Hall–Kier alpha value is -2.73. The molecule has 0 spiro atoms. The van der Waals surface area contributed by atoms with Gasteiger partial charge in [-0.05, 0) is 38.5 Å². The first-order valence-electron chi connectivity index (χ1n) is 8.39. The SMILES string of the molecule is COc1cc(CNC(=O)[C@H](C)NS(=O)(=O)c2c(C)noc2C)ccc1OC(F)F. The average molecular weight is 433 g/mol. The lowest BCUT2D eigenvalue weighted by molar-refractivity contribution is -0.122. The average Bonchev–Trinajstić information content (AvgIpc) is 2.98. The molecule has 2 aromatic rings. The summed E-state index contributed by atoms with van der Waals surface area (Å²) in [7, 11) is -2.71. The van der Waals surface area contributed by atoms with Crippen LogP contribution in [0.2, 0.25) is 0 Å². The number of hydrogen-bond donors (Lipinski definition) is 2. The number of aromatic nitrogens is 1. The summed E-state index contributed by atoms with van der Waals surface area (Å²) in [4.78, 5) is 12.2. The van der Waals surface area contributed by atoms with Crippen LogP contribution in [0.1, 0.15) is 23.9 Å². The van der Waals surface area contributed by atoms with E-state index in [-0.39, 0.29) is 34.4 Å². The number of benzene rings is 1. The molecule has 1 atom stereocenters. The number of ether oxygens (including phenoxy) is 2. The number of carbonyl (C=O) groups is 1. The van der Waals surface area contributed by atoms with E-state index in [4.69, 9.17) is 9.26 Å². The van der Waals surface area contributed by atoms with Crippen molar-refractivity contribution in [3.05, 3.63) is 35.2 Å². The van der Waals surface area contributed by atoms with Gasteiger partial charge < -0.3 is 19.3 Å². The molecule has 0 fully saturated rings. The molecule has 1 heterocycles. The number of nitrogens with one attached hydrogen (secondary N) is 2. The van der Waals surface area contributed by atoms with Gasteiger partial charge in [0.1, 0.15) is 10.6 Å². The summed E-state index contributed by atoms with van der Waals surface area (Å²) in [6.07, 6.45) is 0. The molecule has 0 saturated carbocycles.